The normalized spacial score (nSPS) is 15.3. The van der Waals surface area contributed by atoms with E-state index in [0.717, 1.165) is 11.1 Å². The van der Waals surface area contributed by atoms with E-state index in [1.54, 1.807) is 12.1 Å². The molecule has 8 heteroatoms. The first-order valence-corrected chi connectivity index (χ1v) is 11.5. The molecule has 0 spiro atoms. The van der Waals surface area contributed by atoms with Gasteiger partial charge < -0.3 is 16.0 Å². The van der Waals surface area contributed by atoms with Crippen LogP contribution in [-0.4, -0.2) is 46.7 Å². The Balaban J connectivity index is 1.44. The van der Waals surface area contributed by atoms with Crippen molar-refractivity contribution in [1.82, 2.24) is 10.6 Å². The van der Waals surface area contributed by atoms with E-state index < -0.39 is 0 Å². The summed E-state index contributed by atoms with van der Waals surface area (Å²) in [4.78, 5) is 36.7. The van der Waals surface area contributed by atoms with Gasteiger partial charge in [-0.25, -0.2) is 0 Å². The molecule has 1 heterocycles. The van der Waals surface area contributed by atoms with Crippen molar-refractivity contribution in [1.29, 1.82) is 0 Å². The Morgan fingerprint density at radius 3 is 2.61 bits per heavy atom. The third-order valence-corrected chi connectivity index (χ3v) is 6.28. The summed E-state index contributed by atoms with van der Waals surface area (Å²) in [5, 5.41) is 8.90. The monoisotopic (exact) mass is 455 g/mol. The van der Waals surface area contributed by atoms with Crippen molar-refractivity contribution in [2.24, 2.45) is 0 Å². The summed E-state index contributed by atoms with van der Waals surface area (Å²) in [5.74, 6) is 0.00694. The summed E-state index contributed by atoms with van der Waals surface area (Å²) in [6.07, 6.45) is 0.764. The number of Topliss-reactive ketones (excluding diaryl/α,β-unsaturated/α-hetero) is 1. The zero-order chi connectivity index (χ0) is 22.2. The van der Waals surface area contributed by atoms with Crippen LogP contribution in [0.4, 0.5) is 5.69 Å². The van der Waals surface area contributed by atoms with Crippen molar-refractivity contribution >= 4 is 51.5 Å². The number of hydrogen-bond acceptors (Lipinski definition) is 6. The Morgan fingerprint density at radius 1 is 1.10 bits per heavy atom. The average Bonchev–Trinajstić information content (AvgIpc) is 2.91. The first-order valence-electron chi connectivity index (χ1n) is 10.1. The SMILES string of the molecule is C[C@@H]1CC(=O)Cc2cccc(C(=O)NCCNC(=O)CSC(=S)c3ccccc3)c2N1. The number of fused-ring (bicyclic) bond motifs is 1. The topological polar surface area (TPSA) is 87.3 Å². The number of thiocarbonyl (C=S) groups is 1. The van der Waals surface area contributed by atoms with E-state index in [4.69, 9.17) is 12.2 Å². The van der Waals surface area contributed by atoms with Gasteiger partial charge in [0.2, 0.25) is 5.91 Å². The Morgan fingerprint density at radius 2 is 1.84 bits per heavy atom. The van der Waals surface area contributed by atoms with Gasteiger partial charge in [0, 0.05) is 32.0 Å². The molecule has 0 aromatic heterocycles. The van der Waals surface area contributed by atoms with Gasteiger partial charge in [-0.05, 0) is 24.1 Å². The number of para-hydroxylation sites is 1. The largest absolute Gasteiger partial charge is 0.381 e. The standard InChI is InChI=1S/C23H25N3O3S2/c1-15-12-18(27)13-17-8-5-9-19(21(17)26-15)22(29)25-11-10-24-20(28)14-31-23(30)16-6-3-2-4-7-16/h2-9,15,26H,10-14H2,1H3,(H,24,28)(H,25,29)/t15-/m1/s1. The highest BCUT2D eigenvalue weighted by Gasteiger charge is 2.22. The van der Waals surface area contributed by atoms with E-state index >= 15 is 0 Å². The number of carbonyl (C=O) groups excluding carboxylic acids is 3. The van der Waals surface area contributed by atoms with Crippen molar-refractivity contribution in [2.45, 2.75) is 25.8 Å². The first kappa shape index (κ1) is 23.0. The molecule has 1 atom stereocenters. The summed E-state index contributed by atoms with van der Waals surface area (Å²) in [7, 11) is 0. The molecule has 0 fully saturated rings. The second kappa shape index (κ2) is 11.1. The van der Waals surface area contributed by atoms with E-state index in [0.29, 0.717) is 41.4 Å². The zero-order valence-electron chi connectivity index (χ0n) is 17.3. The Kier molecular flexibility index (Phi) is 8.20. The van der Waals surface area contributed by atoms with E-state index in [2.05, 4.69) is 16.0 Å². The summed E-state index contributed by atoms with van der Waals surface area (Å²) < 4.78 is 0.675. The molecule has 2 aromatic carbocycles. The van der Waals surface area contributed by atoms with Crippen LogP contribution in [0.1, 0.15) is 34.8 Å². The minimum atomic E-state index is -0.236. The van der Waals surface area contributed by atoms with Crippen LogP contribution in [0.2, 0.25) is 0 Å². The highest BCUT2D eigenvalue weighted by Crippen LogP contribution is 2.26. The quantitative estimate of drug-likeness (QED) is 0.440. The number of thioether (sulfide) groups is 1. The van der Waals surface area contributed by atoms with Crippen LogP contribution in [0.25, 0.3) is 0 Å². The molecule has 2 amide bonds. The van der Waals surface area contributed by atoms with Gasteiger partial charge >= 0.3 is 0 Å². The lowest BCUT2D eigenvalue weighted by Gasteiger charge is -2.16. The van der Waals surface area contributed by atoms with E-state index in [-0.39, 0.29) is 29.4 Å². The smallest absolute Gasteiger partial charge is 0.253 e. The fourth-order valence-electron chi connectivity index (χ4n) is 3.34. The van der Waals surface area contributed by atoms with E-state index in [9.17, 15) is 14.4 Å². The lowest BCUT2D eigenvalue weighted by atomic mass is 10.0. The highest BCUT2D eigenvalue weighted by molar-refractivity contribution is 8.24. The molecule has 0 saturated carbocycles. The van der Waals surface area contributed by atoms with Crippen molar-refractivity contribution in [3.8, 4) is 0 Å². The summed E-state index contributed by atoms with van der Waals surface area (Å²) in [5.41, 5.74) is 2.98. The molecule has 0 aliphatic carbocycles. The maximum atomic E-state index is 12.7. The predicted octanol–water partition coefficient (Wildman–Crippen LogP) is 2.96. The van der Waals surface area contributed by atoms with Gasteiger partial charge in [-0.2, -0.15) is 0 Å². The molecule has 1 aliphatic heterocycles. The second-order valence-corrected chi connectivity index (χ2v) is 9.00. The molecular formula is C23H25N3O3S2. The molecule has 6 nitrogen and oxygen atoms in total. The lowest BCUT2D eigenvalue weighted by Crippen LogP contribution is -2.36. The van der Waals surface area contributed by atoms with Crippen LogP contribution in [0.5, 0.6) is 0 Å². The molecule has 3 N–H and O–H groups in total. The van der Waals surface area contributed by atoms with Gasteiger partial charge in [0.05, 0.1) is 21.2 Å². The second-order valence-electron chi connectivity index (χ2n) is 7.35. The minimum Gasteiger partial charge on any atom is -0.381 e. The summed E-state index contributed by atoms with van der Waals surface area (Å²) in [6, 6.07) is 14.9. The van der Waals surface area contributed by atoms with Gasteiger partial charge in [-0.3, -0.25) is 14.4 Å². The molecule has 2 aromatic rings. The van der Waals surface area contributed by atoms with Crippen LogP contribution < -0.4 is 16.0 Å². The molecule has 3 rings (SSSR count). The molecule has 0 unspecified atom stereocenters. The number of amides is 2. The number of nitrogens with one attached hydrogen (secondary N) is 3. The molecule has 0 saturated heterocycles. The molecule has 0 bridgehead atoms. The van der Waals surface area contributed by atoms with Gasteiger partial charge in [0.15, 0.2) is 0 Å². The highest BCUT2D eigenvalue weighted by atomic mass is 32.2. The van der Waals surface area contributed by atoms with E-state index in [1.165, 1.54) is 11.8 Å². The Labute approximate surface area is 191 Å². The van der Waals surface area contributed by atoms with E-state index in [1.807, 2.05) is 43.3 Å². The van der Waals surface area contributed by atoms with Crippen molar-refractivity contribution < 1.29 is 14.4 Å². The fourth-order valence-corrected chi connectivity index (χ4v) is 4.32. The Hall–Kier alpha value is -2.71. The fraction of sp³-hybridized carbons (Fsp3) is 0.304. The number of anilines is 1. The van der Waals surface area contributed by atoms with Gasteiger partial charge in [-0.1, -0.05) is 54.7 Å². The molecule has 162 valence electrons. The van der Waals surface area contributed by atoms with Crippen LogP contribution in [0, 0.1) is 0 Å². The van der Waals surface area contributed by atoms with Crippen molar-refractivity contribution in [3.63, 3.8) is 0 Å². The summed E-state index contributed by atoms with van der Waals surface area (Å²) >= 11 is 6.65. The summed E-state index contributed by atoms with van der Waals surface area (Å²) in [6.45, 7) is 2.55. The van der Waals surface area contributed by atoms with Crippen molar-refractivity contribution in [3.05, 3.63) is 65.2 Å². The minimum absolute atomic E-state index is 0.0264. The predicted molar refractivity (Wildman–Crippen MR) is 129 cm³/mol. The maximum absolute atomic E-state index is 12.7. The van der Waals surface area contributed by atoms with Crippen LogP contribution in [0.15, 0.2) is 48.5 Å². The average molecular weight is 456 g/mol. The molecule has 1 aliphatic rings. The number of benzene rings is 2. The molecule has 0 radical (unpaired) electrons. The first-order chi connectivity index (χ1) is 14.9. The Bertz CT molecular complexity index is 979. The maximum Gasteiger partial charge on any atom is 0.253 e. The number of hydrogen-bond donors (Lipinski definition) is 3. The van der Waals surface area contributed by atoms with Crippen LogP contribution in [0.3, 0.4) is 0 Å². The van der Waals surface area contributed by atoms with Gasteiger partial charge in [0.1, 0.15) is 5.78 Å². The molecular weight excluding hydrogens is 430 g/mol. The number of carbonyl (C=O) groups is 3. The lowest BCUT2D eigenvalue weighted by molar-refractivity contribution is -0.119. The third kappa shape index (κ3) is 6.63. The van der Waals surface area contributed by atoms with Gasteiger partial charge in [-0.15, -0.1) is 11.8 Å². The van der Waals surface area contributed by atoms with Crippen molar-refractivity contribution in [2.75, 3.05) is 24.2 Å². The number of rotatable bonds is 7. The van der Waals surface area contributed by atoms with Gasteiger partial charge in [0.25, 0.3) is 5.91 Å². The number of ketones is 1. The zero-order valence-corrected chi connectivity index (χ0v) is 18.9. The molecule has 31 heavy (non-hydrogen) atoms. The van der Waals surface area contributed by atoms with Crippen LogP contribution >= 0.6 is 24.0 Å². The van der Waals surface area contributed by atoms with Crippen LogP contribution in [-0.2, 0) is 16.0 Å². The third-order valence-electron chi connectivity index (χ3n) is 4.78.